The van der Waals surface area contributed by atoms with Gasteiger partial charge < -0.3 is 0 Å². The van der Waals surface area contributed by atoms with Crippen LogP contribution in [0, 0.1) is 0 Å². The zero-order chi connectivity index (χ0) is 21.5. The van der Waals surface area contributed by atoms with E-state index in [0.29, 0.717) is 5.95 Å². The predicted molar refractivity (Wildman–Crippen MR) is 135 cm³/mol. The molecule has 3 nitrogen and oxygen atoms in total. The molecule has 2 heterocycles. The minimum absolute atomic E-state index is 0.681. The van der Waals surface area contributed by atoms with Crippen molar-refractivity contribution in [2.24, 2.45) is 0 Å². The van der Waals surface area contributed by atoms with Crippen molar-refractivity contribution in [2.45, 2.75) is 0 Å². The molecular formula is C28H20BN3. The molecule has 6 rings (SSSR count). The van der Waals surface area contributed by atoms with Crippen LogP contribution in [0.2, 0.25) is 0 Å². The fraction of sp³-hybridized carbons (Fsp3) is 0. The van der Waals surface area contributed by atoms with Gasteiger partial charge in [0.25, 0.3) is 0 Å². The number of hydrogen-bond acceptors (Lipinski definition) is 2. The summed E-state index contributed by atoms with van der Waals surface area (Å²) in [7, 11) is 2.13. The Labute approximate surface area is 187 Å². The topological polar surface area (TPSA) is 30.7 Å². The Morgan fingerprint density at radius 3 is 1.75 bits per heavy atom. The van der Waals surface area contributed by atoms with Crippen molar-refractivity contribution in [3.8, 4) is 28.5 Å². The first kappa shape index (κ1) is 18.6. The summed E-state index contributed by atoms with van der Waals surface area (Å²) in [6, 6.07) is 37.7. The van der Waals surface area contributed by atoms with Crippen molar-refractivity contribution >= 4 is 35.1 Å². The Balaban J connectivity index is 1.70. The molecule has 0 atom stereocenters. The Kier molecular flexibility index (Phi) is 4.36. The van der Waals surface area contributed by atoms with E-state index >= 15 is 0 Å². The highest BCUT2D eigenvalue weighted by atomic mass is 15.2. The third kappa shape index (κ3) is 3.09. The first-order valence-corrected chi connectivity index (χ1v) is 10.8. The molecule has 0 saturated heterocycles. The average Bonchev–Trinajstić information content (AvgIpc) is 3.18. The standard InChI is InChI=1S/C28H20BN3/c29-21-15-16-27-23(17-21)22-13-7-8-14-26(22)32(27)28-30-24(19-9-3-1-4-10-19)18-25(31-28)20-11-5-2-6-12-20/h1-18H,29H2. The van der Waals surface area contributed by atoms with Gasteiger partial charge in [0.1, 0.15) is 7.85 Å². The van der Waals surface area contributed by atoms with E-state index in [-0.39, 0.29) is 0 Å². The van der Waals surface area contributed by atoms with E-state index in [2.05, 4.69) is 85.2 Å². The van der Waals surface area contributed by atoms with Crippen LogP contribution in [0.3, 0.4) is 0 Å². The highest BCUT2D eigenvalue weighted by Crippen LogP contribution is 2.32. The van der Waals surface area contributed by atoms with Crippen LogP contribution in [-0.2, 0) is 0 Å². The Hall–Kier alpha value is -4.18. The second kappa shape index (κ2) is 7.50. The van der Waals surface area contributed by atoms with Gasteiger partial charge in [0.05, 0.1) is 22.4 Å². The van der Waals surface area contributed by atoms with Crippen molar-refractivity contribution in [1.82, 2.24) is 14.5 Å². The monoisotopic (exact) mass is 409 g/mol. The van der Waals surface area contributed by atoms with Crippen LogP contribution < -0.4 is 5.46 Å². The van der Waals surface area contributed by atoms with E-state index in [1.54, 1.807) is 0 Å². The molecule has 6 aromatic rings. The zero-order valence-electron chi connectivity index (χ0n) is 17.7. The van der Waals surface area contributed by atoms with Gasteiger partial charge in [-0.25, -0.2) is 9.97 Å². The zero-order valence-corrected chi connectivity index (χ0v) is 17.7. The van der Waals surface area contributed by atoms with Crippen molar-refractivity contribution in [1.29, 1.82) is 0 Å². The van der Waals surface area contributed by atoms with Crippen LogP contribution >= 0.6 is 0 Å². The van der Waals surface area contributed by atoms with E-state index in [9.17, 15) is 0 Å². The van der Waals surface area contributed by atoms with Crippen LogP contribution in [-0.4, -0.2) is 22.4 Å². The lowest BCUT2D eigenvalue weighted by atomic mass is 9.94. The molecule has 4 heteroatoms. The summed E-state index contributed by atoms with van der Waals surface area (Å²) in [5.74, 6) is 0.681. The lowest BCUT2D eigenvalue weighted by Crippen LogP contribution is -2.05. The van der Waals surface area contributed by atoms with E-state index in [1.165, 1.54) is 16.2 Å². The highest BCUT2D eigenvalue weighted by Gasteiger charge is 2.16. The van der Waals surface area contributed by atoms with Gasteiger partial charge in [-0.15, -0.1) is 0 Å². The van der Waals surface area contributed by atoms with Gasteiger partial charge in [0.2, 0.25) is 5.95 Å². The first-order valence-electron chi connectivity index (χ1n) is 10.8. The van der Waals surface area contributed by atoms with E-state index in [1.807, 2.05) is 36.4 Å². The van der Waals surface area contributed by atoms with Crippen LogP contribution in [0.15, 0.2) is 109 Å². The number of nitrogens with zero attached hydrogens (tertiary/aromatic N) is 3. The average molecular weight is 409 g/mol. The van der Waals surface area contributed by atoms with Crippen LogP contribution in [0.25, 0.3) is 50.3 Å². The van der Waals surface area contributed by atoms with Gasteiger partial charge in [0, 0.05) is 21.9 Å². The summed E-state index contributed by atoms with van der Waals surface area (Å²) in [5.41, 5.74) is 7.43. The van der Waals surface area contributed by atoms with Crippen molar-refractivity contribution in [3.63, 3.8) is 0 Å². The maximum Gasteiger partial charge on any atom is 0.235 e. The molecule has 0 bridgehead atoms. The summed E-state index contributed by atoms with van der Waals surface area (Å²) in [4.78, 5) is 10.1. The summed E-state index contributed by atoms with van der Waals surface area (Å²) >= 11 is 0. The lowest BCUT2D eigenvalue weighted by Gasteiger charge is -2.11. The minimum Gasteiger partial charge on any atom is -0.278 e. The fourth-order valence-electron chi connectivity index (χ4n) is 4.35. The summed E-state index contributed by atoms with van der Waals surface area (Å²) < 4.78 is 2.18. The van der Waals surface area contributed by atoms with Crippen molar-refractivity contribution in [3.05, 3.63) is 109 Å². The number of benzene rings is 4. The van der Waals surface area contributed by atoms with E-state index in [0.717, 1.165) is 33.5 Å². The van der Waals surface area contributed by atoms with Gasteiger partial charge >= 0.3 is 0 Å². The van der Waals surface area contributed by atoms with Gasteiger partial charge in [-0.3, -0.25) is 4.57 Å². The predicted octanol–water partition coefficient (Wildman–Crippen LogP) is 5.17. The number of hydrogen-bond donors (Lipinski definition) is 0. The Morgan fingerprint density at radius 1 is 0.531 bits per heavy atom. The summed E-state index contributed by atoms with van der Waals surface area (Å²) in [6.07, 6.45) is 0. The van der Waals surface area contributed by atoms with Crippen LogP contribution in [0.4, 0.5) is 0 Å². The lowest BCUT2D eigenvalue weighted by molar-refractivity contribution is 0.996. The molecular weight excluding hydrogens is 389 g/mol. The molecule has 0 aliphatic carbocycles. The minimum atomic E-state index is 0.681. The van der Waals surface area contributed by atoms with E-state index < -0.39 is 0 Å². The molecule has 0 fully saturated rings. The Morgan fingerprint density at radius 2 is 1.09 bits per heavy atom. The maximum absolute atomic E-state index is 5.05. The molecule has 0 N–H and O–H groups in total. The molecule has 0 saturated carbocycles. The third-order valence-corrected chi connectivity index (χ3v) is 5.88. The Bertz CT molecular complexity index is 1510. The first-order chi connectivity index (χ1) is 15.8. The molecule has 0 radical (unpaired) electrons. The van der Waals surface area contributed by atoms with Gasteiger partial charge in [-0.2, -0.15) is 0 Å². The maximum atomic E-state index is 5.05. The largest absolute Gasteiger partial charge is 0.278 e. The van der Waals surface area contributed by atoms with E-state index in [4.69, 9.17) is 9.97 Å². The molecule has 0 amide bonds. The molecule has 0 aliphatic heterocycles. The second-order valence-electron chi connectivity index (χ2n) is 8.04. The normalized spacial score (nSPS) is 11.2. The fourth-order valence-corrected chi connectivity index (χ4v) is 4.35. The number of fused-ring (bicyclic) bond motifs is 3. The quantitative estimate of drug-likeness (QED) is 0.378. The number of rotatable bonds is 3. The second-order valence-corrected chi connectivity index (χ2v) is 8.04. The molecule has 0 unspecified atom stereocenters. The molecule has 0 spiro atoms. The van der Waals surface area contributed by atoms with Crippen LogP contribution in [0.1, 0.15) is 0 Å². The molecule has 4 aromatic carbocycles. The van der Waals surface area contributed by atoms with Gasteiger partial charge in [-0.05, 0) is 18.2 Å². The number of aromatic nitrogens is 3. The summed E-state index contributed by atoms with van der Waals surface area (Å²) in [6.45, 7) is 0. The van der Waals surface area contributed by atoms with Crippen molar-refractivity contribution in [2.75, 3.05) is 0 Å². The number of para-hydroxylation sites is 1. The third-order valence-electron chi connectivity index (χ3n) is 5.88. The SMILES string of the molecule is Bc1ccc2c(c1)c1ccccc1n2-c1nc(-c2ccccc2)cc(-c2ccccc2)n1. The van der Waals surface area contributed by atoms with Crippen molar-refractivity contribution < 1.29 is 0 Å². The summed E-state index contributed by atoms with van der Waals surface area (Å²) in [5, 5.41) is 2.43. The van der Waals surface area contributed by atoms with Gasteiger partial charge in [-0.1, -0.05) is 96.5 Å². The smallest absolute Gasteiger partial charge is 0.235 e. The molecule has 150 valence electrons. The molecule has 0 aliphatic rings. The highest BCUT2D eigenvalue weighted by molar-refractivity contribution is 6.33. The van der Waals surface area contributed by atoms with Crippen LogP contribution in [0.5, 0.6) is 0 Å². The molecule has 32 heavy (non-hydrogen) atoms. The van der Waals surface area contributed by atoms with Gasteiger partial charge in [0.15, 0.2) is 0 Å². The molecule has 2 aromatic heterocycles.